The lowest BCUT2D eigenvalue weighted by Gasteiger charge is -2.36. The highest BCUT2D eigenvalue weighted by molar-refractivity contribution is 5.89. The summed E-state index contributed by atoms with van der Waals surface area (Å²) in [5.41, 5.74) is 1.04. The number of carbonyl (C=O) groups is 1. The summed E-state index contributed by atoms with van der Waals surface area (Å²) in [7, 11) is 0. The van der Waals surface area contributed by atoms with Crippen molar-refractivity contribution >= 4 is 22.7 Å². The Morgan fingerprint density at radius 1 is 1.15 bits per heavy atom. The van der Waals surface area contributed by atoms with E-state index in [1.54, 1.807) is 13.0 Å². The highest BCUT2D eigenvalue weighted by atomic mass is 19.4. The minimum Gasteiger partial charge on any atom is -0.354 e. The molecule has 0 unspecified atom stereocenters. The molecule has 1 saturated heterocycles. The van der Waals surface area contributed by atoms with E-state index in [0.717, 1.165) is 76.0 Å². The molecule has 1 aliphatic heterocycles. The van der Waals surface area contributed by atoms with Gasteiger partial charge in [0.25, 0.3) is 0 Å². The van der Waals surface area contributed by atoms with Crippen LogP contribution in [0.2, 0.25) is 0 Å². The van der Waals surface area contributed by atoms with E-state index < -0.39 is 24.9 Å². The van der Waals surface area contributed by atoms with Crippen LogP contribution in [-0.4, -0.2) is 60.9 Å². The van der Waals surface area contributed by atoms with Gasteiger partial charge in [-0.2, -0.15) is 13.2 Å². The monoisotopic (exact) mass is 484 g/mol. The molecule has 1 amide bonds. The van der Waals surface area contributed by atoms with Gasteiger partial charge in [0.1, 0.15) is 5.82 Å². The second-order valence-electron chi connectivity index (χ2n) is 9.62. The highest BCUT2D eigenvalue weighted by Gasteiger charge is 2.29. The largest absolute Gasteiger partial charge is 0.389 e. The Labute approximate surface area is 196 Å². The maximum atomic E-state index is 13.8. The van der Waals surface area contributed by atoms with Gasteiger partial charge in [-0.05, 0) is 63.1 Å². The topological polar surface area (TPSA) is 61.6 Å². The maximum absolute atomic E-state index is 13.8. The molecule has 1 saturated carbocycles. The molecule has 6 nitrogen and oxygen atoms in total. The Morgan fingerprint density at radius 3 is 2.53 bits per heavy atom. The first-order chi connectivity index (χ1) is 16.2. The molecule has 1 aromatic carbocycles. The smallest absolute Gasteiger partial charge is 0.354 e. The highest BCUT2D eigenvalue weighted by Crippen LogP contribution is 2.30. The van der Waals surface area contributed by atoms with Gasteiger partial charge < -0.3 is 14.7 Å². The summed E-state index contributed by atoms with van der Waals surface area (Å²) in [5.74, 6) is 0.559. The Morgan fingerprint density at radius 2 is 1.85 bits per heavy atom. The van der Waals surface area contributed by atoms with E-state index in [2.05, 4.69) is 20.3 Å². The van der Waals surface area contributed by atoms with Gasteiger partial charge in [-0.25, -0.2) is 4.39 Å². The van der Waals surface area contributed by atoms with Crippen LogP contribution in [0.5, 0.6) is 0 Å². The van der Waals surface area contributed by atoms with E-state index in [1.807, 2.05) is 0 Å². The van der Waals surface area contributed by atoms with E-state index in [1.165, 1.54) is 6.07 Å². The van der Waals surface area contributed by atoms with Crippen LogP contribution < -0.4 is 10.2 Å². The van der Waals surface area contributed by atoms with Crippen molar-refractivity contribution in [3.8, 4) is 0 Å². The Bertz CT molecular complexity index is 977. The molecule has 34 heavy (non-hydrogen) atoms. The molecule has 4 rings (SSSR count). The van der Waals surface area contributed by atoms with Crippen LogP contribution in [0.4, 0.5) is 23.4 Å². The van der Waals surface area contributed by atoms with Crippen molar-refractivity contribution < 1.29 is 26.9 Å². The van der Waals surface area contributed by atoms with E-state index in [0.29, 0.717) is 17.1 Å². The molecule has 2 heterocycles. The molecule has 10 heteroatoms. The molecule has 2 aromatic rings. The van der Waals surface area contributed by atoms with Crippen molar-refractivity contribution in [2.75, 3.05) is 37.6 Å². The van der Waals surface area contributed by atoms with Crippen LogP contribution in [0.1, 0.15) is 50.5 Å². The number of aromatic nitrogens is 1. The summed E-state index contributed by atoms with van der Waals surface area (Å²) in [5, 5.41) is 7.78. The van der Waals surface area contributed by atoms with Crippen molar-refractivity contribution in [3.05, 3.63) is 23.5 Å². The number of nitrogens with one attached hydrogen (secondary N) is 1. The number of aryl methyl sites for hydroxylation is 1. The third-order valence-corrected chi connectivity index (χ3v) is 7.11. The van der Waals surface area contributed by atoms with E-state index >= 15 is 0 Å². The second kappa shape index (κ2) is 10.5. The number of nitrogens with zero attached hydrogens (tertiary/aromatic N) is 3. The van der Waals surface area contributed by atoms with Gasteiger partial charge in [0.05, 0.1) is 11.8 Å². The third kappa shape index (κ3) is 6.40. The molecule has 1 aliphatic carbocycles. The van der Waals surface area contributed by atoms with Crippen LogP contribution in [0.15, 0.2) is 16.7 Å². The summed E-state index contributed by atoms with van der Waals surface area (Å²) < 4.78 is 55.9. The lowest BCUT2D eigenvalue weighted by atomic mass is 9.84. The average Bonchev–Trinajstić information content (AvgIpc) is 3.20. The number of carbonyl (C=O) groups excluding carboxylic acids is 1. The number of piperazine rings is 1. The van der Waals surface area contributed by atoms with Crippen molar-refractivity contribution in [2.24, 2.45) is 5.92 Å². The van der Waals surface area contributed by atoms with Gasteiger partial charge in [-0.1, -0.05) is 5.16 Å². The number of benzene rings is 1. The maximum Gasteiger partial charge on any atom is 0.389 e. The quantitative estimate of drug-likeness (QED) is 0.572. The predicted octanol–water partition coefficient (Wildman–Crippen LogP) is 4.80. The number of amides is 1. The lowest BCUT2D eigenvalue weighted by Crippen LogP contribution is -2.47. The molecule has 0 bridgehead atoms. The average molecular weight is 485 g/mol. The summed E-state index contributed by atoms with van der Waals surface area (Å²) in [4.78, 5) is 16.4. The van der Waals surface area contributed by atoms with Crippen molar-refractivity contribution in [3.63, 3.8) is 0 Å². The van der Waals surface area contributed by atoms with Crippen molar-refractivity contribution in [2.45, 2.75) is 64.1 Å². The van der Waals surface area contributed by atoms with Crippen LogP contribution in [0, 0.1) is 18.7 Å². The fourth-order valence-electron chi connectivity index (χ4n) is 4.98. The minimum absolute atomic E-state index is 0.00470. The van der Waals surface area contributed by atoms with Crippen LogP contribution in [-0.2, 0) is 4.79 Å². The zero-order chi connectivity index (χ0) is 24.3. The van der Waals surface area contributed by atoms with Gasteiger partial charge >= 0.3 is 6.18 Å². The van der Waals surface area contributed by atoms with Gasteiger partial charge in [-0.15, -0.1) is 0 Å². The van der Waals surface area contributed by atoms with Crippen LogP contribution >= 0.6 is 0 Å². The molecular formula is C24H32F4N4O2. The predicted molar refractivity (Wildman–Crippen MR) is 121 cm³/mol. The van der Waals surface area contributed by atoms with Crippen molar-refractivity contribution in [1.82, 2.24) is 15.4 Å². The second-order valence-corrected chi connectivity index (χ2v) is 9.62. The molecule has 1 N–H and O–H groups in total. The first kappa shape index (κ1) is 24.8. The first-order valence-electron chi connectivity index (χ1n) is 12.1. The molecule has 188 valence electrons. The molecule has 0 atom stereocenters. The molecule has 2 aliphatic rings. The summed E-state index contributed by atoms with van der Waals surface area (Å²) >= 11 is 0. The van der Waals surface area contributed by atoms with Gasteiger partial charge in [0.2, 0.25) is 5.91 Å². The molecule has 2 fully saturated rings. The number of anilines is 1. The number of fused-ring (bicyclic) bond motifs is 1. The van der Waals surface area contributed by atoms with Crippen molar-refractivity contribution in [1.29, 1.82) is 0 Å². The normalized spacial score (nSPS) is 22.3. The lowest BCUT2D eigenvalue weighted by molar-refractivity contribution is -0.144. The van der Waals surface area contributed by atoms with E-state index in [-0.39, 0.29) is 11.9 Å². The molecular weight excluding hydrogens is 452 g/mol. The summed E-state index contributed by atoms with van der Waals surface area (Å²) in [6, 6.07) is 3.17. The fourth-order valence-corrected chi connectivity index (χ4v) is 4.98. The number of rotatable bonds is 7. The zero-order valence-corrected chi connectivity index (χ0v) is 19.5. The summed E-state index contributed by atoms with van der Waals surface area (Å²) in [6.07, 6.45) is -1.12. The van der Waals surface area contributed by atoms with Gasteiger partial charge in [0, 0.05) is 44.7 Å². The Kier molecular flexibility index (Phi) is 7.64. The summed E-state index contributed by atoms with van der Waals surface area (Å²) in [6.45, 7) is 6.23. The number of hydrogen-bond acceptors (Lipinski definition) is 5. The third-order valence-electron chi connectivity index (χ3n) is 7.11. The molecule has 0 radical (unpaired) electrons. The van der Waals surface area contributed by atoms with Gasteiger partial charge in [-0.3, -0.25) is 9.69 Å². The van der Waals surface area contributed by atoms with E-state index in [4.69, 9.17) is 4.52 Å². The number of alkyl halides is 3. The van der Waals surface area contributed by atoms with Gasteiger partial charge in [0.15, 0.2) is 11.4 Å². The standard InChI is InChI=1S/C24H32F4N4O2/c1-16-14-19-21(15-20(16)25)34-30-23(19)32-12-10-31(11-13-32)9-7-17-2-4-18(5-3-17)29-22(33)6-8-24(26,27)28/h14-15,17-18H,2-13H2,1H3,(H,29,33). The Balaban J connectivity index is 1.16. The molecule has 0 spiro atoms. The zero-order valence-electron chi connectivity index (χ0n) is 19.5. The molecule has 1 aromatic heterocycles. The number of halogens is 4. The minimum atomic E-state index is -4.29. The van der Waals surface area contributed by atoms with E-state index in [9.17, 15) is 22.4 Å². The van der Waals surface area contributed by atoms with Crippen LogP contribution in [0.3, 0.4) is 0 Å². The SMILES string of the molecule is Cc1cc2c(N3CCN(CCC4CCC(NC(=O)CCC(F)(F)F)CC4)CC3)noc2cc1F. The Hall–Kier alpha value is -2.36. The first-order valence-corrected chi connectivity index (χ1v) is 12.1. The fraction of sp³-hybridized carbons (Fsp3) is 0.667. The van der Waals surface area contributed by atoms with Crippen LogP contribution in [0.25, 0.3) is 11.0 Å². The number of hydrogen-bond donors (Lipinski definition) is 1.